The van der Waals surface area contributed by atoms with Crippen LogP contribution in [0.3, 0.4) is 0 Å². The standard InChI is InChI=1S/C30H61O9P/c1-3-5-7-9-11-13-14-15-16-18-20-22-30(33)39-29(27-38-40(34,35)37-25-28(32)24-31)26-36-23-21-19-17-12-10-8-6-4-2/h28-29,31-32H,3-27H2,1-2H3,(H,34,35). The SMILES string of the molecule is CCCCCCCCCCCCCC(=O)OC(COCCCCCCCCCC)COP(=O)(O)OCC(O)CO. The number of esters is 1. The smallest absolute Gasteiger partial charge is 0.457 e. The van der Waals surface area contributed by atoms with Gasteiger partial charge in [-0.3, -0.25) is 13.8 Å². The maximum absolute atomic E-state index is 12.4. The molecule has 3 N–H and O–H groups in total. The van der Waals surface area contributed by atoms with Crippen LogP contribution in [0.25, 0.3) is 0 Å². The fourth-order valence-corrected chi connectivity index (χ4v) is 5.08. The van der Waals surface area contributed by atoms with E-state index in [-0.39, 0.29) is 25.6 Å². The Morgan fingerprint density at radius 3 is 1.62 bits per heavy atom. The highest BCUT2D eigenvalue weighted by Crippen LogP contribution is 2.43. The van der Waals surface area contributed by atoms with E-state index in [1.165, 1.54) is 83.5 Å². The topological polar surface area (TPSA) is 132 Å². The first-order valence-electron chi connectivity index (χ1n) is 16.0. The fraction of sp³-hybridized carbons (Fsp3) is 0.967. The van der Waals surface area contributed by atoms with Crippen LogP contribution in [0.5, 0.6) is 0 Å². The minimum absolute atomic E-state index is 0.0553. The molecular formula is C30H61O9P. The lowest BCUT2D eigenvalue weighted by molar-refractivity contribution is -0.154. The maximum atomic E-state index is 12.4. The van der Waals surface area contributed by atoms with Crippen LogP contribution in [0.1, 0.15) is 142 Å². The minimum Gasteiger partial charge on any atom is -0.457 e. The third kappa shape index (κ3) is 27.6. The monoisotopic (exact) mass is 596 g/mol. The summed E-state index contributed by atoms with van der Waals surface area (Å²) in [5.41, 5.74) is 0. The Balaban J connectivity index is 4.29. The average molecular weight is 597 g/mol. The molecule has 10 heteroatoms. The average Bonchev–Trinajstić information content (AvgIpc) is 2.94. The molecule has 0 fully saturated rings. The van der Waals surface area contributed by atoms with E-state index in [1.807, 2.05) is 0 Å². The molecule has 0 amide bonds. The normalized spacial score (nSPS) is 14.6. The minimum atomic E-state index is -4.49. The van der Waals surface area contributed by atoms with Crippen molar-refractivity contribution in [3.05, 3.63) is 0 Å². The summed E-state index contributed by atoms with van der Waals surface area (Å²) in [6, 6.07) is 0. The van der Waals surface area contributed by atoms with Crippen LogP contribution < -0.4 is 0 Å². The van der Waals surface area contributed by atoms with E-state index in [0.717, 1.165) is 38.5 Å². The highest BCUT2D eigenvalue weighted by molar-refractivity contribution is 7.47. The summed E-state index contributed by atoms with van der Waals surface area (Å²) >= 11 is 0. The molecule has 0 bridgehead atoms. The number of aliphatic hydroxyl groups is 2. The predicted molar refractivity (Wildman–Crippen MR) is 159 cm³/mol. The molecule has 3 unspecified atom stereocenters. The van der Waals surface area contributed by atoms with Gasteiger partial charge in [-0.25, -0.2) is 4.57 Å². The van der Waals surface area contributed by atoms with E-state index in [0.29, 0.717) is 6.61 Å². The number of rotatable bonds is 31. The van der Waals surface area contributed by atoms with E-state index in [2.05, 4.69) is 18.4 Å². The van der Waals surface area contributed by atoms with Gasteiger partial charge >= 0.3 is 13.8 Å². The molecule has 0 aliphatic carbocycles. The van der Waals surface area contributed by atoms with Crippen LogP contribution in [-0.2, 0) is 27.9 Å². The molecule has 3 atom stereocenters. The molecule has 240 valence electrons. The second-order valence-corrected chi connectivity index (χ2v) is 12.3. The fourth-order valence-electron chi connectivity index (χ4n) is 4.29. The number of carbonyl (C=O) groups is 1. The third-order valence-corrected chi connectivity index (χ3v) is 7.74. The summed E-state index contributed by atoms with van der Waals surface area (Å²) in [5, 5.41) is 18.2. The molecule has 0 rings (SSSR count). The first-order chi connectivity index (χ1) is 19.3. The summed E-state index contributed by atoms with van der Waals surface area (Å²) < 4.78 is 32.9. The zero-order chi connectivity index (χ0) is 29.7. The quantitative estimate of drug-likeness (QED) is 0.0430. The molecule has 0 aromatic carbocycles. The lowest BCUT2D eigenvalue weighted by Crippen LogP contribution is -2.29. The molecule has 0 aliphatic rings. The Morgan fingerprint density at radius 2 is 1.12 bits per heavy atom. The van der Waals surface area contributed by atoms with Crippen LogP contribution in [-0.4, -0.2) is 66.3 Å². The number of phosphoric acid groups is 1. The highest BCUT2D eigenvalue weighted by Gasteiger charge is 2.26. The second-order valence-electron chi connectivity index (χ2n) is 10.8. The summed E-state index contributed by atoms with van der Waals surface area (Å²) in [6.45, 7) is 3.48. The van der Waals surface area contributed by atoms with Crippen molar-refractivity contribution in [1.29, 1.82) is 0 Å². The molecular weight excluding hydrogens is 535 g/mol. The van der Waals surface area contributed by atoms with Crippen molar-refractivity contribution in [2.75, 3.05) is 33.0 Å². The Kier molecular flexibility index (Phi) is 28.2. The van der Waals surface area contributed by atoms with Crippen molar-refractivity contribution in [1.82, 2.24) is 0 Å². The second kappa shape index (κ2) is 28.6. The Morgan fingerprint density at radius 1 is 0.675 bits per heavy atom. The van der Waals surface area contributed by atoms with Crippen LogP contribution >= 0.6 is 7.82 Å². The van der Waals surface area contributed by atoms with E-state index >= 15 is 0 Å². The lowest BCUT2D eigenvalue weighted by atomic mass is 10.1. The van der Waals surface area contributed by atoms with Gasteiger partial charge in [0, 0.05) is 13.0 Å². The predicted octanol–water partition coefficient (Wildman–Crippen LogP) is 7.24. The van der Waals surface area contributed by atoms with Gasteiger partial charge < -0.3 is 24.6 Å². The summed E-state index contributed by atoms with van der Waals surface area (Å²) in [7, 11) is -4.49. The van der Waals surface area contributed by atoms with Crippen molar-refractivity contribution >= 4 is 13.8 Å². The van der Waals surface area contributed by atoms with Crippen molar-refractivity contribution < 1.29 is 43.0 Å². The summed E-state index contributed by atoms with van der Waals surface area (Å²) in [4.78, 5) is 22.3. The number of phosphoric ester groups is 1. The van der Waals surface area contributed by atoms with Gasteiger partial charge in [-0.2, -0.15) is 0 Å². The van der Waals surface area contributed by atoms with E-state index < -0.39 is 33.2 Å². The molecule has 0 spiro atoms. The van der Waals surface area contributed by atoms with Crippen molar-refractivity contribution in [3.8, 4) is 0 Å². The Bertz CT molecular complexity index is 606. The Hall–Kier alpha value is -0.540. The first-order valence-corrected chi connectivity index (χ1v) is 17.5. The van der Waals surface area contributed by atoms with Crippen LogP contribution in [0, 0.1) is 0 Å². The molecule has 0 saturated heterocycles. The van der Waals surface area contributed by atoms with Crippen molar-refractivity contribution in [3.63, 3.8) is 0 Å². The zero-order valence-electron chi connectivity index (χ0n) is 25.6. The number of aliphatic hydroxyl groups excluding tert-OH is 2. The summed E-state index contributed by atoms with van der Waals surface area (Å²) in [5.74, 6) is -0.385. The molecule has 0 aliphatic heterocycles. The third-order valence-electron chi connectivity index (χ3n) is 6.79. The van der Waals surface area contributed by atoms with Gasteiger partial charge in [0.2, 0.25) is 0 Å². The van der Waals surface area contributed by atoms with Crippen molar-refractivity contribution in [2.24, 2.45) is 0 Å². The van der Waals surface area contributed by atoms with Crippen LogP contribution in [0.2, 0.25) is 0 Å². The van der Waals surface area contributed by atoms with E-state index in [9.17, 15) is 19.4 Å². The number of hydrogen-bond acceptors (Lipinski definition) is 8. The number of carbonyl (C=O) groups excluding carboxylic acids is 1. The summed E-state index contributed by atoms with van der Waals surface area (Å²) in [6.07, 6.45) is 20.7. The van der Waals surface area contributed by atoms with Crippen LogP contribution in [0.4, 0.5) is 0 Å². The molecule has 40 heavy (non-hydrogen) atoms. The first kappa shape index (κ1) is 39.5. The highest BCUT2D eigenvalue weighted by atomic mass is 31.2. The van der Waals surface area contributed by atoms with Gasteiger partial charge in [-0.1, -0.05) is 123 Å². The zero-order valence-corrected chi connectivity index (χ0v) is 26.5. The Labute approximate surface area is 244 Å². The van der Waals surface area contributed by atoms with Gasteiger partial charge in [-0.05, 0) is 12.8 Å². The molecule has 9 nitrogen and oxygen atoms in total. The van der Waals surface area contributed by atoms with Gasteiger partial charge in [0.05, 0.1) is 26.4 Å². The number of ether oxygens (including phenoxy) is 2. The van der Waals surface area contributed by atoms with Gasteiger partial charge in [0.15, 0.2) is 0 Å². The molecule has 0 heterocycles. The maximum Gasteiger partial charge on any atom is 0.472 e. The van der Waals surface area contributed by atoms with E-state index in [4.69, 9.17) is 19.1 Å². The van der Waals surface area contributed by atoms with Gasteiger partial charge in [-0.15, -0.1) is 0 Å². The van der Waals surface area contributed by atoms with E-state index in [1.54, 1.807) is 0 Å². The van der Waals surface area contributed by atoms with Gasteiger partial charge in [0.1, 0.15) is 12.2 Å². The lowest BCUT2D eigenvalue weighted by Gasteiger charge is -2.20. The number of hydrogen-bond donors (Lipinski definition) is 3. The molecule has 0 aromatic heterocycles. The molecule has 0 aromatic rings. The van der Waals surface area contributed by atoms with Crippen LogP contribution in [0.15, 0.2) is 0 Å². The number of unbranched alkanes of at least 4 members (excludes halogenated alkanes) is 17. The van der Waals surface area contributed by atoms with Gasteiger partial charge in [0.25, 0.3) is 0 Å². The molecule has 0 radical (unpaired) electrons. The largest absolute Gasteiger partial charge is 0.472 e. The van der Waals surface area contributed by atoms with Crippen molar-refractivity contribution in [2.45, 2.75) is 154 Å². The molecule has 0 saturated carbocycles.